The average Bonchev–Trinajstić information content (AvgIpc) is 2.71. The van der Waals surface area contributed by atoms with Gasteiger partial charge in [0.1, 0.15) is 0 Å². The molecule has 144 valence electrons. The van der Waals surface area contributed by atoms with E-state index in [0.29, 0.717) is 24.9 Å². The first-order valence-electron chi connectivity index (χ1n) is 9.42. The third kappa shape index (κ3) is 6.19. The van der Waals surface area contributed by atoms with Crippen LogP contribution in [0.5, 0.6) is 0 Å². The number of thiocarbonyl (C=S) groups is 1. The van der Waals surface area contributed by atoms with E-state index in [9.17, 15) is 0 Å². The number of nitrogens with one attached hydrogen (secondary N) is 2. The monoisotopic (exact) mass is 390 g/mol. The van der Waals surface area contributed by atoms with Crippen molar-refractivity contribution in [3.8, 4) is 0 Å². The summed E-state index contributed by atoms with van der Waals surface area (Å²) in [5.74, 6) is 0. The van der Waals surface area contributed by atoms with E-state index in [1.54, 1.807) is 0 Å². The summed E-state index contributed by atoms with van der Waals surface area (Å²) in [5, 5.41) is 7.17. The van der Waals surface area contributed by atoms with Crippen molar-refractivity contribution >= 4 is 23.0 Å². The minimum atomic E-state index is 0.606. The predicted molar refractivity (Wildman–Crippen MR) is 120 cm³/mol. The molecule has 0 aliphatic carbocycles. The summed E-state index contributed by atoms with van der Waals surface area (Å²) >= 11 is 5.43. The molecule has 0 saturated carbocycles. The maximum atomic E-state index is 5.78. The Balaban J connectivity index is 1.43. The van der Waals surface area contributed by atoms with Crippen molar-refractivity contribution in [2.75, 3.05) is 5.32 Å². The van der Waals surface area contributed by atoms with E-state index in [0.717, 1.165) is 11.3 Å². The van der Waals surface area contributed by atoms with Gasteiger partial charge in [-0.2, -0.15) is 0 Å². The van der Waals surface area contributed by atoms with Gasteiger partial charge in [0.15, 0.2) is 5.11 Å². The molecule has 0 aliphatic rings. The molecule has 3 nitrogen and oxygen atoms in total. The van der Waals surface area contributed by atoms with E-state index in [1.807, 2.05) is 18.2 Å². The summed E-state index contributed by atoms with van der Waals surface area (Å²) in [6.45, 7) is 6.06. The van der Waals surface area contributed by atoms with E-state index in [2.05, 4.69) is 79.1 Å². The zero-order chi connectivity index (χ0) is 19.8. The van der Waals surface area contributed by atoms with Gasteiger partial charge in [0, 0.05) is 12.2 Å². The standard InChI is InChI=1S/C24H26N2OS/c1-18-8-9-19(2)23(14-18)26-24(28)25-15-20-10-12-22(13-11-20)17-27-16-21-6-4-3-5-7-21/h3-14H,15-17H2,1-2H3,(H2,25,26,28). The second-order valence-electron chi connectivity index (χ2n) is 6.92. The summed E-state index contributed by atoms with van der Waals surface area (Å²) in [7, 11) is 0. The van der Waals surface area contributed by atoms with Gasteiger partial charge < -0.3 is 15.4 Å². The third-order valence-corrected chi connectivity index (χ3v) is 4.74. The van der Waals surface area contributed by atoms with E-state index in [1.165, 1.54) is 22.3 Å². The van der Waals surface area contributed by atoms with Gasteiger partial charge in [-0.15, -0.1) is 0 Å². The lowest BCUT2D eigenvalue weighted by molar-refractivity contribution is 0.107. The Morgan fingerprint density at radius 2 is 1.46 bits per heavy atom. The van der Waals surface area contributed by atoms with Gasteiger partial charge in [0.05, 0.1) is 13.2 Å². The Morgan fingerprint density at radius 3 is 2.18 bits per heavy atom. The smallest absolute Gasteiger partial charge is 0.171 e. The number of rotatable bonds is 7. The van der Waals surface area contributed by atoms with Crippen molar-refractivity contribution in [2.24, 2.45) is 0 Å². The molecular formula is C24H26N2OS. The summed E-state index contributed by atoms with van der Waals surface area (Å²) in [5.41, 5.74) is 6.96. The molecule has 3 aromatic carbocycles. The SMILES string of the molecule is Cc1ccc(C)c(NC(=S)NCc2ccc(COCc3ccccc3)cc2)c1. The molecule has 0 spiro atoms. The van der Waals surface area contributed by atoms with Crippen molar-refractivity contribution in [2.45, 2.75) is 33.6 Å². The van der Waals surface area contributed by atoms with Crippen LogP contribution < -0.4 is 10.6 Å². The Morgan fingerprint density at radius 1 is 0.821 bits per heavy atom. The summed E-state index contributed by atoms with van der Waals surface area (Å²) in [6.07, 6.45) is 0. The maximum Gasteiger partial charge on any atom is 0.171 e. The van der Waals surface area contributed by atoms with E-state index < -0.39 is 0 Å². The quantitative estimate of drug-likeness (QED) is 0.522. The molecule has 0 aromatic heterocycles. The first-order chi connectivity index (χ1) is 13.6. The van der Waals surface area contributed by atoms with Crippen LogP contribution in [-0.4, -0.2) is 5.11 Å². The molecule has 0 radical (unpaired) electrons. The molecule has 0 bridgehead atoms. The van der Waals surface area contributed by atoms with Gasteiger partial charge in [-0.1, -0.05) is 66.7 Å². The van der Waals surface area contributed by atoms with Crippen LogP contribution in [0, 0.1) is 13.8 Å². The number of aryl methyl sites for hydroxylation is 2. The van der Waals surface area contributed by atoms with Crippen LogP contribution in [0.1, 0.15) is 27.8 Å². The Bertz CT molecular complexity index is 908. The van der Waals surface area contributed by atoms with E-state index in [-0.39, 0.29) is 0 Å². The third-order valence-electron chi connectivity index (χ3n) is 4.50. The van der Waals surface area contributed by atoms with Crippen LogP contribution in [0.15, 0.2) is 72.8 Å². The van der Waals surface area contributed by atoms with Crippen molar-refractivity contribution < 1.29 is 4.74 Å². The zero-order valence-electron chi connectivity index (χ0n) is 16.4. The lowest BCUT2D eigenvalue weighted by Crippen LogP contribution is -2.28. The predicted octanol–water partition coefficient (Wildman–Crippen LogP) is 5.51. The molecule has 0 atom stereocenters. The van der Waals surface area contributed by atoms with Crippen molar-refractivity contribution in [1.82, 2.24) is 5.32 Å². The topological polar surface area (TPSA) is 33.3 Å². The van der Waals surface area contributed by atoms with E-state index in [4.69, 9.17) is 17.0 Å². The molecular weight excluding hydrogens is 364 g/mol. The van der Waals surface area contributed by atoms with Crippen molar-refractivity contribution in [3.63, 3.8) is 0 Å². The fraction of sp³-hybridized carbons (Fsp3) is 0.208. The number of hydrogen-bond acceptors (Lipinski definition) is 2. The molecule has 28 heavy (non-hydrogen) atoms. The first kappa shape index (κ1) is 20.1. The lowest BCUT2D eigenvalue weighted by atomic mass is 10.1. The Labute approximate surface area is 172 Å². The Kier molecular flexibility index (Phi) is 7.18. The second-order valence-corrected chi connectivity index (χ2v) is 7.33. The van der Waals surface area contributed by atoms with Crippen molar-refractivity contribution in [3.05, 3.63) is 101 Å². The number of ether oxygens (including phenoxy) is 1. The highest BCUT2D eigenvalue weighted by molar-refractivity contribution is 7.80. The highest BCUT2D eigenvalue weighted by atomic mass is 32.1. The normalized spacial score (nSPS) is 10.5. The highest BCUT2D eigenvalue weighted by Crippen LogP contribution is 2.16. The van der Waals surface area contributed by atoms with Gasteiger partial charge >= 0.3 is 0 Å². The van der Waals surface area contributed by atoms with Crippen molar-refractivity contribution in [1.29, 1.82) is 0 Å². The molecule has 0 aliphatic heterocycles. The number of hydrogen-bond donors (Lipinski definition) is 2. The van der Waals surface area contributed by atoms with Gasteiger partial charge in [-0.3, -0.25) is 0 Å². The number of anilines is 1. The summed E-state index contributed by atoms with van der Waals surface area (Å²) in [6, 6.07) is 24.9. The molecule has 0 heterocycles. The fourth-order valence-electron chi connectivity index (χ4n) is 2.83. The van der Waals surface area contributed by atoms with Crippen LogP contribution >= 0.6 is 12.2 Å². The van der Waals surface area contributed by atoms with Gasteiger partial charge in [-0.05, 0) is 59.9 Å². The fourth-order valence-corrected chi connectivity index (χ4v) is 3.02. The van der Waals surface area contributed by atoms with Crippen LogP contribution in [0.3, 0.4) is 0 Å². The largest absolute Gasteiger partial charge is 0.372 e. The zero-order valence-corrected chi connectivity index (χ0v) is 17.2. The minimum absolute atomic E-state index is 0.606. The number of benzene rings is 3. The van der Waals surface area contributed by atoms with Gasteiger partial charge in [0.2, 0.25) is 0 Å². The lowest BCUT2D eigenvalue weighted by Gasteiger charge is -2.13. The maximum absolute atomic E-state index is 5.78. The minimum Gasteiger partial charge on any atom is -0.372 e. The van der Waals surface area contributed by atoms with Crippen LogP contribution in [-0.2, 0) is 24.5 Å². The molecule has 3 rings (SSSR count). The van der Waals surface area contributed by atoms with Gasteiger partial charge in [0.25, 0.3) is 0 Å². The van der Waals surface area contributed by atoms with E-state index >= 15 is 0 Å². The first-order valence-corrected chi connectivity index (χ1v) is 9.82. The molecule has 4 heteroatoms. The summed E-state index contributed by atoms with van der Waals surface area (Å²) in [4.78, 5) is 0. The van der Waals surface area contributed by atoms with Crippen LogP contribution in [0.25, 0.3) is 0 Å². The molecule has 2 N–H and O–H groups in total. The molecule has 0 saturated heterocycles. The summed E-state index contributed by atoms with van der Waals surface area (Å²) < 4.78 is 5.78. The average molecular weight is 391 g/mol. The molecule has 0 fully saturated rings. The highest BCUT2D eigenvalue weighted by Gasteiger charge is 2.02. The molecule has 3 aromatic rings. The van der Waals surface area contributed by atoms with Crippen LogP contribution in [0.4, 0.5) is 5.69 Å². The second kappa shape index (κ2) is 10.0. The van der Waals surface area contributed by atoms with Crippen LogP contribution in [0.2, 0.25) is 0 Å². The molecule has 0 unspecified atom stereocenters. The van der Waals surface area contributed by atoms with Gasteiger partial charge in [-0.25, -0.2) is 0 Å². The Hall–Kier alpha value is -2.69. The molecule has 0 amide bonds.